The van der Waals surface area contributed by atoms with Crippen molar-refractivity contribution in [2.75, 3.05) is 7.11 Å². The Morgan fingerprint density at radius 3 is 2.41 bits per heavy atom. The van der Waals surface area contributed by atoms with Gasteiger partial charge in [0.25, 0.3) is 0 Å². The number of benzene rings is 2. The van der Waals surface area contributed by atoms with Crippen LogP contribution in [0.4, 0.5) is 0 Å². The average Bonchev–Trinajstić information content (AvgIpc) is 3.43. The van der Waals surface area contributed by atoms with Crippen molar-refractivity contribution in [2.45, 2.75) is 92.3 Å². The quantitative estimate of drug-likeness (QED) is 0.249. The van der Waals surface area contributed by atoms with E-state index in [1.165, 1.54) is 7.11 Å². The summed E-state index contributed by atoms with van der Waals surface area (Å²) >= 11 is 6.88. The first-order valence-corrected chi connectivity index (χ1v) is 15.2. The van der Waals surface area contributed by atoms with Gasteiger partial charge in [0.05, 0.1) is 29.2 Å². The van der Waals surface area contributed by atoms with E-state index in [1.807, 2.05) is 27.7 Å². The van der Waals surface area contributed by atoms with Crippen LogP contribution in [0.1, 0.15) is 105 Å². The molecule has 2 saturated carbocycles. The van der Waals surface area contributed by atoms with E-state index in [0.717, 1.165) is 43.2 Å². The first-order chi connectivity index (χ1) is 19.5. The Labute approximate surface area is 247 Å². The van der Waals surface area contributed by atoms with Gasteiger partial charge in [-0.15, -0.1) is 0 Å². The van der Waals surface area contributed by atoms with Crippen molar-refractivity contribution in [3.63, 3.8) is 0 Å². The van der Waals surface area contributed by atoms with Gasteiger partial charge in [0, 0.05) is 11.1 Å². The van der Waals surface area contributed by atoms with Gasteiger partial charge in [-0.05, 0) is 87.8 Å². The van der Waals surface area contributed by atoms with Gasteiger partial charge >= 0.3 is 11.9 Å². The Kier molecular flexibility index (Phi) is 8.32. The van der Waals surface area contributed by atoms with Gasteiger partial charge < -0.3 is 24.1 Å². The van der Waals surface area contributed by atoms with E-state index in [2.05, 4.69) is 6.92 Å². The highest BCUT2D eigenvalue weighted by molar-refractivity contribution is 6.32. The lowest BCUT2D eigenvalue weighted by atomic mass is 9.79. The Morgan fingerprint density at radius 2 is 1.83 bits per heavy atom. The molecule has 1 N–H and O–H groups in total. The maximum atomic E-state index is 14.0. The molecule has 1 aliphatic heterocycles. The molecular weight excluding hydrogens is 544 g/mol. The van der Waals surface area contributed by atoms with Gasteiger partial charge in [0.1, 0.15) is 23.7 Å². The lowest BCUT2D eigenvalue weighted by molar-refractivity contribution is -0.147. The molecule has 0 saturated heterocycles. The number of halogens is 1. The number of carbonyl (C=O) groups excluding carboxylic acids is 2. The van der Waals surface area contributed by atoms with Gasteiger partial charge in [-0.3, -0.25) is 4.79 Å². The number of cyclic esters (lactones) is 1. The fourth-order valence-corrected chi connectivity index (χ4v) is 7.45. The second-order valence-corrected chi connectivity index (χ2v) is 12.8. The number of carbonyl (C=O) groups is 2. The number of ether oxygens (including phenoxy) is 4. The third-order valence-corrected chi connectivity index (χ3v) is 10.0. The third-order valence-electron chi connectivity index (χ3n) is 9.53. The van der Waals surface area contributed by atoms with Crippen molar-refractivity contribution in [1.29, 1.82) is 0 Å². The predicted octanol–water partition coefficient (Wildman–Crippen LogP) is 7.88. The number of esters is 2. The monoisotopic (exact) mass is 584 g/mol. The van der Waals surface area contributed by atoms with Crippen LogP contribution in [-0.2, 0) is 22.6 Å². The van der Waals surface area contributed by atoms with Crippen LogP contribution in [0.15, 0.2) is 12.1 Å². The number of aliphatic hydroxyl groups excluding tert-OH is 1. The highest BCUT2D eigenvalue weighted by Crippen LogP contribution is 2.59. The minimum Gasteiger partial charge on any atom is -0.495 e. The van der Waals surface area contributed by atoms with Gasteiger partial charge in [0.2, 0.25) is 0 Å². The number of methoxy groups -OCH3 is 1. The molecule has 2 fully saturated rings. The lowest BCUT2D eigenvalue weighted by Gasteiger charge is -2.30. The van der Waals surface area contributed by atoms with Crippen molar-refractivity contribution in [1.82, 2.24) is 0 Å². The van der Waals surface area contributed by atoms with Gasteiger partial charge in [-0.2, -0.15) is 0 Å². The molecule has 0 amide bonds. The van der Waals surface area contributed by atoms with E-state index in [-0.39, 0.29) is 41.3 Å². The van der Waals surface area contributed by atoms with Crippen LogP contribution in [0, 0.1) is 30.1 Å². The molecule has 5 rings (SSSR count). The molecule has 0 aromatic heterocycles. The molecule has 1 atom stereocenters. The fourth-order valence-electron chi connectivity index (χ4n) is 7.20. The molecule has 1 heterocycles. The van der Waals surface area contributed by atoms with Crippen LogP contribution in [-0.4, -0.2) is 24.2 Å². The van der Waals surface area contributed by atoms with E-state index < -0.39 is 17.5 Å². The van der Waals surface area contributed by atoms with Gasteiger partial charge in [-0.1, -0.05) is 38.8 Å². The van der Waals surface area contributed by atoms with Gasteiger partial charge in [0.15, 0.2) is 11.5 Å². The number of aliphatic hydroxyl groups is 1. The standard InChI is InChI=1S/C33H41ClO7/c1-7-8-21-18(4)27(34)23-16-39-31(36)26-25(14-13-22(28(26)38-6)24(35)15-17(2)3)40-30(23)29(21)41-32(37)33(5)19-9-10-20(33)12-11-19/h13-14,17,19-20,24,35H,7-12,15-16H2,1-6H3/t19?,20?,24-,33?/m0/s1. The second kappa shape index (κ2) is 11.5. The van der Waals surface area contributed by atoms with Crippen LogP contribution >= 0.6 is 11.6 Å². The molecule has 2 bridgehead atoms. The number of hydrogen-bond acceptors (Lipinski definition) is 7. The number of fused-ring (bicyclic) bond motifs is 4. The van der Waals surface area contributed by atoms with Crippen LogP contribution < -0.4 is 14.2 Å². The van der Waals surface area contributed by atoms with E-state index in [1.54, 1.807) is 12.1 Å². The zero-order valence-corrected chi connectivity index (χ0v) is 25.7. The molecule has 3 aliphatic rings. The predicted molar refractivity (Wildman–Crippen MR) is 156 cm³/mol. The largest absolute Gasteiger partial charge is 0.495 e. The number of hydrogen-bond donors (Lipinski definition) is 1. The summed E-state index contributed by atoms with van der Waals surface area (Å²) in [6.45, 7) is 9.85. The summed E-state index contributed by atoms with van der Waals surface area (Å²) in [6.07, 6.45) is 5.25. The maximum Gasteiger partial charge on any atom is 0.346 e. The molecule has 0 spiro atoms. The topological polar surface area (TPSA) is 91.3 Å². The first-order valence-electron chi connectivity index (χ1n) is 14.8. The molecular formula is C33H41ClO7. The Balaban J connectivity index is 1.65. The van der Waals surface area contributed by atoms with Crippen LogP contribution in [0.5, 0.6) is 23.0 Å². The summed E-state index contributed by atoms with van der Waals surface area (Å²) in [5.74, 6) is 0.955. The highest BCUT2D eigenvalue weighted by Gasteiger charge is 2.57. The summed E-state index contributed by atoms with van der Waals surface area (Å²) in [5, 5.41) is 11.3. The third kappa shape index (κ3) is 4.99. The van der Waals surface area contributed by atoms with E-state index in [9.17, 15) is 14.7 Å². The van der Waals surface area contributed by atoms with Crippen molar-refractivity contribution in [3.05, 3.63) is 45.0 Å². The van der Waals surface area contributed by atoms with Crippen LogP contribution in [0.2, 0.25) is 5.02 Å². The van der Waals surface area contributed by atoms with Crippen molar-refractivity contribution < 1.29 is 33.6 Å². The van der Waals surface area contributed by atoms with E-state index in [0.29, 0.717) is 46.6 Å². The zero-order chi connectivity index (χ0) is 29.6. The zero-order valence-electron chi connectivity index (χ0n) is 24.9. The SMILES string of the molecule is CCCc1c(C)c(Cl)c2c(c1OC(=O)C1(C)C3CCC1CC3)Oc1ccc([C@@H](O)CC(C)C)c(OC)c1C(=O)OC2. The molecule has 0 unspecified atom stereocenters. The maximum absolute atomic E-state index is 14.0. The smallest absolute Gasteiger partial charge is 0.346 e. The van der Waals surface area contributed by atoms with Crippen LogP contribution in [0.3, 0.4) is 0 Å². The van der Waals surface area contributed by atoms with E-state index >= 15 is 0 Å². The average molecular weight is 585 g/mol. The Hall–Kier alpha value is -2.77. The lowest BCUT2D eigenvalue weighted by Crippen LogP contribution is -2.36. The van der Waals surface area contributed by atoms with E-state index in [4.69, 9.17) is 30.5 Å². The minimum atomic E-state index is -0.840. The molecule has 2 aromatic rings. The second-order valence-electron chi connectivity index (χ2n) is 12.4. The molecule has 8 heteroatoms. The summed E-state index contributed by atoms with van der Waals surface area (Å²) in [7, 11) is 1.45. The van der Waals surface area contributed by atoms with Gasteiger partial charge in [-0.25, -0.2) is 4.79 Å². The molecule has 2 aromatic carbocycles. The Morgan fingerprint density at radius 1 is 1.17 bits per heavy atom. The fraction of sp³-hybridized carbons (Fsp3) is 0.576. The summed E-state index contributed by atoms with van der Waals surface area (Å²) in [6, 6.07) is 3.33. The molecule has 0 radical (unpaired) electrons. The van der Waals surface area contributed by atoms with Crippen molar-refractivity contribution in [3.8, 4) is 23.0 Å². The first kappa shape index (κ1) is 29.7. The summed E-state index contributed by atoms with van der Waals surface area (Å²) in [5.41, 5.74) is 2.05. The molecule has 41 heavy (non-hydrogen) atoms. The summed E-state index contributed by atoms with van der Waals surface area (Å²) in [4.78, 5) is 27.3. The number of rotatable bonds is 8. The minimum absolute atomic E-state index is 0.0743. The normalized spacial score (nSPS) is 23.7. The highest BCUT2D eigenvalue weighted by atomic mass is 35.5. The van der Waals surface area contributed by atoms with Crippen LogP contribution in [0.25, 0.3) is 0 Å². The van der Waals surface area contributed by atoms with Crippen molar-refractivity contribution >= 4 is 23.5 Å². The molecule has 2 aliphatic carbocycles. The molecule has 222 valence electrons. The van der Waals surface area contributed by atoms with Crippen molar-refractivity contribution in [2.24, 2.45) is 23.2 Å². The Bertz CT molecular complexity index is 1340. The molecule has 7 nitrogen and oxygen atoms in total. The summed E-state index contributed by atoms with van der Waals surface area (Å²) < 4.78 is 24.3.